The van der Waals surface area contributed by atoms with Gasteiger partial charge < -0.3 is 10.2 Å². The Bertz CT molecular complexity index is 665. The highest BCUT2D eigenvalue weighted by atomic mass is 32.1. The second-order valence-electron chi connectivity index (χ2n) is 5.36. The number of nitrogens with one attached hydrogen (secondary N) is 1. The maximum absolute atomic E-state index is 12.6. The minimum Gasteiger partial charge on any atom is -0.357 e. The van der Waals surface area contributed by atoms with Gasteiger partial charge in [0.25, 0.3) is 0 Å². The second kappa shape index (κ2) is 9.19. The first kappa shape index (κ1) is 19.7. The van der Waals surface area contributed by atoms with Crippen LogP contribution in [0.15, 0.2) is 27.9 Å². The zero-order chi connectivity index (χ0) is 18.3. The van der Waals surface area contributed by atoms with Gasteiger partial charge in [0.05, 0.1) is 5.01 Å². The summed E-state index contributed by atoms with van der Waals surface area (Å²) in [5.74, 6) is 0.756. The van der Waals surface area contributed by atoms with Crippen molar-refractivity contribution < 1.29 is 13.2 Å². The molecule has 0 aromatic carbocycles. The van der Waals surface area contributed by atoms with E-state index in [9.17, 15) is 13.2 Å². The van der Waals surface area contributed by atoms with Crippen LogP contribution in [0.3, 0.4) is 0 Å². The summed E-state index contributed by atoms with van der Waals surface area (Å²) in [5.41, 5.74) is -0.823. The highest BCUT2D eigenvalue weighted by molar-refractivity contribution is 7.10. The van der Waals surface area contributed by atoms with Crippen molar-refractivity contribution in [2.45, 2.75) is 25.9 Å². The largest absolute Gasteiger partial charge is 0.434 e. The lowest BCUT2D eigenvalue weighted by Crippen LogP contribution is -2.40. The van der Waals surface area contributed by atoms with Crippen molar-refractivity contribution in [3.63, 3.8) is 0 Å². The SMILES string of the molecule is CCNC(=NCCc1nc(C(F)(F)F)cs1)N(C)CCc1cccs1. The summed E-state index contributed by atoms with van der Waals surface area (Å²) in [7, 11) is 1.96. The van der Waals surface area contributed by atoms with Gasteiger partial charge in [-0.2, -0.15) is 13.2 Å². The van der Waals surface area contributed by atoms with Gasteiger partial charge in [-0.1, -0.05) is 6.07 Å². The molecular formula is C16H21F3N4S2. The average molecular weight is 391 g/mol. The third-order valence-electron chi connectivity index (χ3n) is 3.40. The van der Waals surface area contributed by atoms with Gasteiger partial charge in [-0.05, 0) is 24.8 Å². The van der Waals surface area contributed by atoms with Crippen LogP contribution in [0.4, 0.5) is 13.2 Å². The maximum atomic E-state index is 12.6. The van der Waals surface area contributed by atoms with Crippen LogP contribution in [-0.4, -0.2) is 42.5 Å². The van der Waals surface area contributed by atoms with Crippen molar-refractivity contribution in [3.05, 3.63) is 38.5 Å². The number of aliphatic imine (C=N–C) groups is 1. The van der Waals surface area contributed by atoms with E-state index < -0.39 is 11.9 Å². The number of likely N-dealkylation sites (N-methyl/N-ethyl adjacent to an activating group) is 1. The van der Waals surface area contributed by atoms with E-state index in [0.717, 1.165) is 42.2 Å². The van der Waals surface area contributed by atoms with Gasteiger partial charge in [0.15, 0.2) is 11.7 Å². The van der Waals surface area contributed by atoms with Crippen molar-refractivity contribution >= 4 is 28.6 Å². The van der Waals surface area contributed by atoms with Crippen molar-refractivity contribution in [3.8, 4) is 0 Å². The van der Waals surface area contributed by atoms with E-state index in [4.69, 9.17) is 0 Å². The van der Waals surface area contributed by atoms with Crippen molar-refractivity contribution in [1.29, 1.82) is 0 Å². The highest BCUT2D eigenvalue weighted by Crippen LogP contribution is 2.30. The standard InChI is InChI=1S/C16H21F3N4S2/c1-3-20-15(23(2)9-7-12-5-4-10-24-12)21-8-6-14-22-13(11-25-14)16(17,18)19/h4-5,10-11H,3,6-9H2,1-2H3,(H,20,21). The molecule has 2 aromatic heterocycles. The summed E-state index contributed by atoms with van der Waals surface area (Å²) in [6.45, 7) is 3.94. The van der Waals surface area contributed by atoms with E-state index in [0.29, 0.717) is 18.0 Å². The molecule has 1 N–H and O–H groups in total. The molecular weight excluding hydrogens is 369 g/mol. The Hall–Kier alpha value is -1.61. The molecule has 25 heavy (non-hydrogen) atoms. The fraction of sp³-hybridized carbons (Fsp3) is 0.500. The molecule has 9 heteroatoms. The normalized spacial score (nSPS) is 12.4. The van der Waals surface area contributed by atoms with Crippen molar-refractivity contribution in [1.82, 2.24) is 15.2 Å². The highest BCUT2D eigenvalue weighted by Gasteiger charge is 2.33. The number of hydrogen-bond acceptors (Lipinski definition) is 4. The van der Waals surface area contributed by atoms with Gasteiger partial charge in [0.2, 0.25) is 0 Å². The molecule has 0 aliphatic heterocycles. The third kappa shape index (κ3) is 6.32. The molecule has 138 valence electrons. The van der Waals surface area contributed by atoms with Crippen LogP contribution < -0.4 is 5.32 Å². The molecule has 2 heterocycles. The number of alkyl halides is 3. The first-order valence-corrected chi connectivity index (χ1v) is 9.69. The lowest BCUT2D eigenvalue weighted by atomic mass is 10.3. The Kier molecular flexibility index (Phi) is 7.24. The lowest BCUT2D eigenvalue weighted by Gasteiger charge is -2.21. The van der Waals surface area contributed by atoms with E-state index in [-0.39, 0.29) is 0 Å². The molecule has 0 spiro atoms. The zero-order valence-electron chi connectivity index (χ0n) is 14.1. The Morgan fingerprint density at radius 3 is 2.72 bits per heavy atom. The molecule has 0 fully saturated rings. The molecule has 0 atom stereocenters. The van der Waals surface area contributed by atoms with E-state index in [1.165, 1.54) is 4.88 Å². The van der Waals surface area contributed by atoms with E-state index in [1.807, 2.05) is 24.9 Å². The van der Waals surface area contributed by atoms with Crippen LogP contribution in [0.5, 0.6) is 0 Å². The summed E-state index contributed by atoms with van der Waals surface area (Å²) in [4.78, 5) is 11.5. The molecule has 0 amide bonds. The Labute approximate surface area is 153 Å². The smallest absolute Gasteiger partial charge is 0.357 e. The summed E-state index contributed by atoms with van der Waals surface area (Å²) in [6.07, 6.45) is -3.05. The second-order valence-corrected chi connectivity index (χ2v) is 7.34. The predicted octanol–water partition coefficient (Wildman–Crippen LogP) is 3.91. The topological polar surface area (TPSA) is 40.5 Å². The maximum Gasteiger partial charge on any atom is 0.434 e. The number of rotatable bonds is 7. The van der Waals surface area contributed by atoms with Crippen LogP contribution in [0, 0.1) is 0 Å². The Morgan fingerprint density at radius 2 is 2.12 bits per heavy atom. The molecule has 0 saturated carbocycles. The average Bonchev–Trinajstić information content (AvgIpc) is 3.23. The quantitative estimate of drug-likeness (QED) is 0.576. The number of halogens is 3. The van der Waals surface area contributed by atoms with Gasteiger partial charge in [0, 0.05) is 43.4 Å². The van der Waals surface area contributed by atoms with Crippen LogP contribution in [0.2, 0.25) is 0 Å². The number of hydrogen-bond donors (Lipinski definition) is 1. The molecule has 0 unspecified atom stereocenters. The van der Waals surface area contributed by atoms with Crippen molar-refractivity contribution in [2.75, 3.05) is 26.7 Å². The van der Waals surface area contributed by atoms with Gasteiger partial charge in [0.1, 0.15) is 0 Å². The first-order chi connectivity index (χ1) is 11.9. The molecule has 2 rings (SSSR count). The van der Waals surface area contributed by atoms with E-state index in [1.54, 1.807) is 11.3 Å². The van der Waals surface area contributed by atoms with Gasteiger partial charge in [-0.3, -0.25) is 4.99 Å². The fourth-order valence-corrected chi connectivity index (χ4v) is 3.61. The fourth-order valence-electron chi connectivity index (χ4n) is 2.12. The first-order valence-electron chi connectivity index (χ1n) is 7.93. The molecule has 4 nitrogen and oxygen atoms in total. The molecule has 0 bridgehead atoms. The molecule has 2 aromatic rings. The third-order valence-corrected chi connectivity index (χ3v) is 5.24. The zero-order valence-corrected chi connectivity index (χ0v) is 15.8. The van der Waals surface area contributed by atoms with Gasteiger partial charge >= 0.3 is 6.18 Å². The summed E-state index contributed by atoms with van der Waals surface area (Å²) in [6, 6.07) is 4.13. The summed E-state index contributed by atoms with van der Waals surface area (Å²) in [5, 5.41) is 6.77. The van der Waals surface area contributed by atoms with Crippen molar-refractivity contribution in [2.24, 2.45) is 4.99 Å². The molecule has 0 radical (unpaired) electrons. The molecule has 0 aliphatic rings. The summed E-state index contributed by atoms with van der Waals surface area (Å²) >= 11 is 2.75. The summed E-state index contributed by atoms with van der Waals surface area (Å²) < 4.78 is 37.7. The number of thiazole rings is 1. The Balaban J connectivity index is 1.88. The van der Waals surface area contributed by atoms with Crippen LogP contribution in [0.1, 0.15) is 22.5 Å². The molecule has 0 saturated heterocycles. The van der Waals surface area contributed by atoms with E-state index >= 15 is 0 Å². The van der Waals surface area contributed by atoms with Gasteiger partial charge in [-0.25, -0.2) is 4.98 Å². The van der Waals surface area contributed by atoms with Crippen LogP contribution >= 0.6 is 22.7 Å². The minimum atomic E-state index is -4.38. The van der Waals surface area contributed by atoms with E-state index in [2.05, 4.69) is 26.7 Å². The van der Waals surface area contributed by atoms with Gasteiger partial charge in [-0.15, -0.1) is 22.7 Å². The van der Waals surface area contributed by atoms with Crippen LogP contribution in [0.25, 0.3) is 0 Å². The van der Waals surface area contributed by atoms with Crippen LogP contribution in [-0.2, 0) is 19.0 Å². The Morgan fingerprint density at radius 1 is 1.32 bits per heavy atom. The lowest BCUT2D eigenvalue weighted by molar-refractivity contribution is -0.140. The number of aromatic nitrogens is 1. The minimum absolute atomic E-state index is 0.397. The predicted molar refractivity (Wildman–Crippen MR) is 97.5 cm³/mol. The number of nitrogens with zero attached hydrogens (tertiary/aromatic N) is 3. The molecule has 0 aliphatic carbocycles. The number of thiophene rings is 1. The number of guanidine groups is 1. The monoisotopic (exact) mass is 390 g/mol.